The molecule has 4 nitrogen and oxygen atoms in total. The minimum atomic E-state index is -0.101. The highest BCUT2D eigenvalue weighted by atomic mass is 16.2. The predicted octanol–water partition coefficient (Wildman–Crippen LogP) is 5.16. The zero-order chi connectivity index (χ0) is 21.3. The Kier molecular flexibility index (Phi) is 5.40. The molecule has 1 aromatic heterocycles. The Balaban J connectivity index is 1.64. The third-order valence-corrected chi connectivity index (χ3v) is 5.66. The van der Waals surface area contributed by atoms with E-state index in [1.54, 1.807) is 0 Å². The Morgan fingerprint density at radius 2 is 1.30 bits per heavy atom. The summed E-state index contributed by atoms with van der Waals surface area (Å²) in [5.74, 6) is 0.389. The number of rotatable bonds is 5. The molecule has 0 fully saturated rings. The van der Waals surface area contributed by atoms with Crippen LogP contribution in [0.15, 0.2) is 77.6 Å². The number of carbonyl (C=O) groups excluding carboxylic acids is 1. The van der Waals surface area contributed by atoms with Crippen LogP contribution in [0.25, 0.3) is 21.8 Å². The average molecular weight is 399 g/mol. The molecule has 0 spiro atoms. The van der Waals surface area contributed by atoms with Gasteiger partial charge in [0.25, 0.3) is 0 Å². The molecule has 0 aliphatic rings. The zero-order valence-electron chi connectivity index (χ0n) is 17.6. The highest BCUT2D eigenvalue weighted by Crippen LogP contribution is 2.21. The summed E-state index contributed by atoms with van der Waals surface area (Å²) in [5, 5.41) is 4.35. The third kappa shape index (κ3) is 3.73. The van der Waals surface area contributed by atoms with E-state index in [9.17, 15) is 9.59 Å². The van der Waals surface area contributed by atoms with Gasteiger partial charge in [-0.3, -0.25) is 9.59 Å². The number of amides is 1. The molecule has 0 aliphatic carbocycles. The molecule has 152 valence electrons. The number of aromatic nitrogens is 1. The number of para-hydroxylation sites is 2. The molecule has 1 amide bonds. The highest BCUT2D eigenvalue weighted by Gasteiger charge is 2.15. The summed E-state index contributed by atoms with van der Waals surface area (Å²) in [7, 11) is 0. The van der Waals surface area contributed by atoms with E-state index in [0.29, 0.717) is 16.7 Å². The second-order valence-electron chi connectivity index (χ2n) is 8.06. The predicted molar refractivity (Wildman–Crippen MR) is 123 cm³/mol. The summed E-state index contributed by atoms with van der Waals surface area (Å²) in [4.78, 5) is 25.8. The molecule has 1 N–H and O–H groups in total. The fraction of sp³-hybridized carbons (Fsp3) is 0.231. The first-order valence-corrected chi connectivity index (χ1v) is 10.3. The van der Waals surface area contributed by atoms with Crippen LogP contribution in [0.4, 0.5) is 0 Å². The molecular weight excluding hydrogens is 372 g/mol. The van der Waals surface area contributed by atoms with Crippen molar-refractivity contribution in [3.05, 3.63) is 94.1 Å². The topological polar surface area (TPSA) is 51.1 Å². The van der Waals surface area contributed by atoms with E-state index in [0.717, 1.165) is 16.6 Å². The lowest BCUT2D eigenvalue weighted by Gasteiger charge is -2.18. The smallest absolute Gasteiger partial charge is 0.240 e. The van der Waals surface area contributed by atoms with E-state index in [4.69, 9.17) is 0 Å². The monoisotopic (exact) mass is 398 g/mol. The molecule has 3 aromatic carbocycles. The van der Waals surface area contributed by atoms with Crippen molar-refractivity contribution in [3.8, 4) is 0 Å². The van der Waals surface area contributed by atoms with Crippen molar-refractivity contribution in [1.82, 2.24) is 9.88 Å². The molecule has 0 saturated heterocycles. The Bertz CT molecular complexity index is 1210. The van der Waals surface area contributed by atoms with Crippen LogP contribution in [0.3, 0.4) is 0 Å². The maximum absolute atomic E-state index is 12.9. The first-order chi connectivity index (χ1) is 14.5. The largest absolute Gasteiger partial charge is 0.348 e. The Hall–Kier alpha value is -3.40. The van der Waals surface area contributed by atoms with Crippen molar-refractivity contribution in [2.45, 2.75) is 39.3 Å². The van der Waals surface area contributed by atoms with E-state index in [-0.39, 0.29) is 23.9 Å². The normalized spacial score (nSPS) is 12.4. The maximum atomic E-state index is 12.9. The van der Waals surface area contributed by atoms with Crippen molar-refractivity contribution in [2.24, 2.45) is 0 Å². The number of fused-ring (bicyclic) bond motifs is 2. The van der Waals surface area contributed by atoms with E-state index in [1.807, 2.05) is 60.0 Å². The summed E-state index contributed by atoms with van der Waals surface area (Å²) < 4.78 is 1.93. The van der Waals surface area contributed by atoms with Gasteiger partial charge in [0.2, 0.25) is 5.91 Å². The molecule has 0 radical (unpaired) electrons. The molecule has 4 rings (SSSR count). The molecule has 30 heavy (non-hydrogen) atoms. The number of nitrogens with zero attached hydrogens (tertiary/aromatic N) is 1. The van der Waals surface area contributed by atoms with Crippen molar-refractivity contribution in [2.75, 3.05) is 0 Å². The zero-order valence-corrected chi connectivity index (χ0v) is 17.6. The van der Waals surface area contributed by atoms with Crippen molar-refractivity contribution in [1.29, 1.82) is 0 Å². The van der Waals surface area contributed by atoms with Gasteiger partial charge in [0.15, 0.2) is 5.43 Å². The quantitative estimate of drug-likeness (QED) is 0.472. The van der Waals surface area contributed by atoms with Gasteiger partial charge in [-0.05, 0) is 48.2 Å². The van der Waals surface area contributed by atoms with Gasteiger partial charge in [-0.15, -0.1) is 0 Å². The standard InChI is InChI=1S/C26H26N2O2/c1-17(2)19-12-14-20(15-13-19)18(3)27-25(29)16-28-23-10-6-4-8-21(23)26(30)22-9-5-7-11-24(22)28/h4-15,17-18H,16H2,1-3H3,(H,27,29)/t18-/m1/s1. The fourth-order valence-corrected chi connectivity index (χ4v) is 3.93. The van der Waals surface area contributed by atoms with E-state index in [2.05, 4.69) is 43.4 Å². The van der Waals surface area contributed by atoms with Crippen LogP contribution >= 0.6 is 0 Å². The van der Waals surface area contributed by atoms with E-state index in [1.165, 1.54) is 5.56 Å². The minimum Gasteiger partial charge on any atom is -0.348 e. The van der Waals surface area contributed by atoms with Crippen molar-refractivity contribution >= 4 is 27.7 Å². The van der Waals surface area contributed by atoms with Gasteiger partial charge in [0, 0.05) is 10.8 Å². The number of benzene rings is 3. The second kappa shape index (κ2) is 8.15. The minimum absolute atomic E-state index is 0.00327. The van der Waals surface area contributed by atoms with Gasteiger partial charge < -0.3 is 9.88 Å². The summed E-state index contributed by atoms with van der Waals surface area (Å²) in [6, 6.07) is 23.2. The number of hydrogen-bond donors (Lipinski definition) is 1. The van der Waals surface area contributed by atoms with Crippen LogP contribution in [-0.2, 0) is 11.3 Å². The Morgan fingerprint density at radius 1 is 0.800 bits per heavy atom. The number of nitrogens with one attached hydrogen (secondary N) is 1. The molecule has 4 aromatic rings. The number of pyridine rings is 1. The van der Waals surface area contributed by atoms with Gasteiger partial charge in [-0.25, -0.2) is 0 Å². The molecule has 0 unspecified atom stereocenters. The van der Waals surface area contributed by atoms with Crippen molar-refractivity contribution in [3.63, 3.8) is 0 Å². The highest BCUT2D eigenvalue weighted by molar-refractivity contribution is 5.94. The van der Waals surface area contributed by atoms with E-state index < -0.39 is 0 Å². The van der Waals surface area contributed by atoms with Crippen LogP contribution in [0.2, 0.25) is 0 Å². The Morgan fingerprint density at radius 3 is 1.83 bits per heavy atom. The molecule has 1 heterocycles. The fourth-order valence-electron chi connectivity index (χ4n) is 3.93. The number of hydrogen-bond acceptors (Lipinski definition) is 2. The second-order valence-corrected chi connectivity index (χ2v) is 8.06. The van der Waals surface area contributed by atoms with Crippen LogP contribution in [0.1, 0.15) is 43.9 Å². The molecule has 0 saturated carbocycles. The SMILES string of the molecule is CC(C)c1ccc([C@@H](C)NC(=O)Cn2c3ccccc3c(=O)c3ccccc32)cc1. The molecule has 0 bridgehead atoms. The summed E-state index contributed by atoms with van der Waals surface area (Å²) in [6.07, 6.45) is 0. The number of carbonyl (C=O) groups is 1. The first kappa shape index (κ1) is 19.9. The van der Waals surface area contributed by atoms with Gasteiger partial charge >= 0.3 is 0 Å². The van der Waals surface area contributed by atoms with E-state index >= 15 is 0 Å². The lowest BCUT2D eigenvalue weighted by Crippen LogP contribution is -2.30. The third-order valence-electron chi connectivity index (χ3n) is 5.66. The molecular formula is C26H26N2O2. The molecule has 1 atom stereocenters. The first-order valence-electron chi connectivity index (χ1n) is 10.3. The van der Waals surface area contributed by atoms with Gasteiger partial charge in [0.1, 0.15) is 6.54 Å². The lowest BCUT2D eigenvalue weighted by molar-refractivity contribution is -0.122. The maximum Gasteiger partial charge on any atom is 0.240 e. The summed E-state index contributed by atoms with van der Waals surface area (Å²) in [6.45, 7) is 6.47. The molecule has 4 heteroatoms. The lowest BCUT2D eigenvalue weighted by atomic mass is 9.99. The van der Waals surface area contributed by atoms with Gasteiger partial charge in [-0.1, -0.05) is 62.4 Å². The van der Waals surface area contributed by atoms with Crippen LogP contribution in [0, 0.1) is 0 Å². The summed E-state index contributed by atoms with van der Waals surface area (Å²) >= 11 is 0. The van der Waals surface area contributed by atoms with Crippen molar-refractivity contribution < 1.29 is 4.79 Å². The van der Waals surface area contributed by atoms with Gasteiger partial charge in [-0.2, -0.15) is 0 Å². The van der Waals surface area contributed by atoms with Crippen LogP contribution < -0.4 is 10.7 Å². The van der Waals surface area contributed by atoms with Crippen LogP contribution in [-0.4, -0.2) is 10.5 Å². The Labute approximate surface area is 176 Å². The van der Waals surface area contributed by atoms with Crippen LogP contribution in [0.5, 0.6) is 0 Å². The average Bonchev–Trinajstić information content (AvgIpc) is 2.76. The molecule has 0 aliphatic heterocycles. The summed E-state index contributed by atoms with van der Waals surface area (Å²) in [5.41, 5.74) is 3.89. The van der Waals surface area contributed by atoms with Gasteiger partial charge in [0.05, 0.1) is 17.1 Å².